The van der Waals surface area contributed by atoms with E-state index in [1.165, 1.54) is 12.1 Å². The van der Waals surface area contributed by atoms with E-state index in [4.69, 9.17) is 14.3 Å². The lowest BCUT2D eigenvalue weighted by Crippen LogP contribution is -2.46. The second-order valence-electron chi connectivity index (χ2n) is 13.4. The van der Waals surface area contributed by atoms with Crippen LogP contribution in [0.25, 0.3) is 22.4 Å². The molecule has 0 saturated heterocycles. The van der Waals surface area contributed by atoms with Crippen LogP contribution in [0.4, 0.5) is 8.78 Å². The van der Waals surface area contributed by atoms with Gasteiger partial charge in [-0.2, -0.15) is 5.10 Å². The Labute approximate surface area is 265 Å². The number of ether oxygens (including phenoxy) is 1. The largest absolute Gasteiger partial charge is 0.489 e. The maximum absolute atomic E-state index is 14.7. The Morgan fingerprint density at radius 3 is 2.20 bits per heavy atom. The Hall–Kier alpha value is -3.89. The number of hydrogen-bond donors (Lipinski definition) is 0. The van der Waals surface area contributed by atoms with E-state index in [0.29, 0.717) is 54.5 Å². The van der Waals surface area contributed by atoms with Gasteiger partial charge in [-0.1, -0.05) is 46.8 Å². The number of carbonyl (C=O) groups excluding carboxylic acids is 1. The van der Waals surface area contributed by atoms with E-state index in [-0.39, 0.29) is 29.0 Å². The molecule has 0 spiro atoms. The first-order valence-electron chi connectivity index (χ1n) is 15.4. The maximum Gasteiger partial charge on any atom is 0.272 e. The zero-order chi connectivity index (χ0) is 32.5. The van der Waals surface area contributed by atoms with Crippen molar-refractivity contribution in [2.24, 2.45) is 0 Å². The molecule has 0 atom stereocenters. The van der Waals surface area contributed by atoms with E-state index < -0.39 is 20.0 Å². The summed E-state index contributed by atoms with van der Waals surface area (Å²) in [5.74, 6) is -0.882. The molecule has 0 bridgehead atoms. The zero-order valence-corrected chi connectivity index (χ0v) is 28.2. The molecule has 10 heteroatoms. The van der Waals surface area contributed by atoms with Gasteiger partial charge >= 0.3 is 0 Å². The van der Waals surface area contributed by atoms with E-state index >= 15 is 0 Å². The molecule has 0 aliphatic carbocycles. The number of pyridine rings is 1. The third-order valence-electron chi connectivity index (χ3n) is 8.96. The molecule has 0 fully saturated rings. The van der Waals surface area contributed by atoms with Crippen LogP contribution in [0, 0.1) is 11.6 Å². The smallest absolute Gasteiger partial charge is 0.272 e. The van der Waals surface area contributed by atoms with Gasteiger partial charge in [0.1, 0.15) is 35.4 Å². The van der Waals surface area contributed by atoms with Crippen LogP contribution < -0.4 is 4.74 Å². The van der Waals surface area contributed by atoms with Gasteiger partial charge in [0.05, 0.1) is 18.7 Å². The van der Waals surface area contributed by atoms with Crippen LogP contribution >= 0.6 is 0 Å². The zero-order valence-electron chi connectivity index (χ0n) is 27.2. The number of amides is 1. The van der Waals surface area contributed by atoms with Gasteiger partial charge in [0, 0.05) is 36.6 Å². The number of hydrogen-bond acceptors (Lipinski definition) is 5. The fourth-order valence-electron chi connectivity index (χ4n) is 5.10. The van der Waals surface area contributed by atoms with Crippen LogP contribution in [0.5, 0.6) is 5.75 Å². The third kappa shape index (κ3) is 6.87. The molecule has 4 aromatic rings. The van der Waals surface area contributed by atoms with Crippen molar-refractivity contribution in [3.63, 3.8) is 0 Å². The van der Waals surface area contributed by atoms with Crippen molar-refractivity contribution in [3.05, 3.63) is 89.4 Å². The summed E-state index contributed by atoms with van der Waals surface area (Å²) < 4.78 is 43.3. The fourth-order valence-corrected chi connectivity index (χ4v) is 6.14. The number of carbonyl (C=O) groups is 1. The summed E-state index contributed by atoms with van der Waals surface area (Å²) in [6, 6.07) is 13.6. The second kappa shape index (κ2) is 12.8. The molecule has 1 aliphatic heterocycles. The number of aromatic nitrogens is 3. The van der Waals surface area contributed by atoms with Gasteiger partial charge in [0.25, 0.3) is 5.91 Å². The minimum Gasteiger partial charge on any atom is -0.489 e. The van der Waals surface area contributed by atoms with Crippen LogP contribution in [0.2, 0.25) is 18.1 Å². The number of rotatable bonds is 10. The van der Waals surface area contributed by atoms with Gasteiger partial charge in [-0.3, -0.25) is 14.5 Å². The summed E-state index contributed by atoms with van der Waals surface area (Å²) in [5, 5.41) is 4.96. The van der Waals surface area contributed by atoms with Crippen LogP contribution in [0.15, 0.2) is 60.9 Å². The molecule has 1 amide bonds. The Bertz CT molecular complexity index is 1640. The van der Waals surface area contributed by atoms with Crippen molar-refractivity contribution in [3.8, 4) is 28.1 Å². The van der Waals surface area contributed by atoms with Crippen molar-refractivity contribution in [2.75, 3.05) is 19.7 Å². The highest BCUT2D eigenvalue weighted by atomic mass is 28.4. The van der Waals surface area contributed by atoms with E-state index in [2.05, 4.69) is 38.8 Å². The lowest BCUT2D eigenvalue weighted by Gasteiger charge is -2.37. The van der Waals surface area contributed by atoms with Gasteiger partial charge in [-0.25, -0.2) is 8.78 Å². The summed E-state index contributed by atoms with van der Waals surface area (Å²) in [6.45, 7) is 16.6. The van der Waals surface area contributed by atoms with Crippen molar-refractivity contribution in [2.45, 2.75) is 71.8 Å². The predicted molar refractivity (Wildman–Crippen MR) is 175 cm³/mol. The summed E-state index contributed by atoms with van der Waals surface area (Å²) in [4.78, 5) is 20.0. The molecule has 0 N–H and O–H groups in total. The maximum atomic E-state index is 14.7. The van der Waals surface area contributed by atoms with Crippen molar-refractivity contribution in [1.29, 1.82) is 0 Å². The summed E-state index contributed by atoms with van der Waals surface area (Å²) in [5.41, 5.74) is 4.03. The molecule has 7 nitrogen and oxygen atoms in total. The predicted octanol–water partition coefficient (Wildman–Crippen LogP) is 8.07. The molecule has 0 unspecified atom stereocenters. The molecule has 3 heterocycles. The number of halogens is 2. The van der Waals surface area contributed by atoms with Crippen LogP contribution in [-0.2, 0) is 17.6 Å². The molecule has 45 heavy (non-hydrogen) atoms. The summed E-state index contributed by atoms with van der Waals surface area (Å²) in [7, 11) is -1.95. The first-order valence-corrected chi connectivity index (χ1v) is 18.3. The van der Waals surface area contributed by atoms with Gasteiger partial charge in [0.15, 0.2) is 8.32 Å². The number of fused-ring (bicyclic) bond motifs is 1. The molecule has 1 aliphatic rings. The minimum atomic E-state index is -1.95. The Morgan fingerprint density at radius 2 is 1.60 bits per heavy atom. The van der Waals surface area contributed by atoms with Crippen molar-refractivity contribution >= 4 is 14.2 Å². The topological polar surface area (TPSA) is 69.5 Å². The fraction of sp³-hybridized carbons (Fsp3) is 0.400. The minimum absolute atomic E-state index is 0.0118. The highest BCUT2D eigenvalue weighted by molar-refractivity contribution is 6.74. The SMILES string of the molecule is CC(C)c1cc(F)c(COc2ccc(-c3c(-c4ccncc4)nn4c3C(=O)N(CCO[Si](C)(C)C(C)(C)C)CC4)cc2)c(F)c1. The average molecular weight is 633 g/mol. The van der Waals surface area contributed by atoms with Crippen LogP contribution in [0.1, 0.15) is 62.2 Å². The standard InChI is InChI=1S/C35H42F2N4O3Si/c1-23(2)26-20-29(36)28(30(37)21-26)22-43-27-10-8-24(9-11-27)31-32(25-12-14-38-15-13-25)39-41-17-16-40(34(42)33(31)41)18-19-44-45(6,7)35(3,4)5/h8-15,20-21,23H,16-19,22H2,1-7H3. The average Bonchev–Trinajstić information content (AvgIpc) is 3.38. The van der Waals surface area contributed by atoms with Gasteiger partial charge in [-0.15, -0.1) is 0 Å². The molecule has 0 saturated carbocycles. The first-order chi connectivity index (χ1) is 21.3. The van der Waals surface area contributed by atoms with Gasteiger partial charge in [-0.05, 0) is 71.6 Å². The Morgan fingerprint density at radius 1 is 0.956 bits per heavy atom. The molecular weight excluding hydrogens is 590 g/mol. The van der Waals surface area contributed by atoms with Gasteiger partial charge in [0.2, 0.25) is 0 Å². The molecule has 2 aromatic carbocycles. The first kappa shape index (κ1) is 32.5. The lowest BCUT2D eigenvalue weighted by atomic mass is 9.98. The molecule has 2 aromatic heterocycles. The molecule has 238 valence electrons. The van der Waals surface area contributed by atoms with Gasteiger partial charge < -0.3 is 14.1 Å². The monoisotopic (exact) mass is 632 g/mol. The van der Waals surface area contributed by atoms with Crippen molar-refractivity contribution in [1.82, 2.24) is 19.7 Å². The Kier molecular flexibility index (Phi) is 9.28. The van der Waals surface area contributed by atoms with E-state index in [0.717, 1.165) is 11.1 Å². The highest BCUT2D eigenvalue weighted by Crippen LogP contribution is 2.38. The second-order valence-corrected chi connectivity index (χ2v) is 18.2. The van der Waals surface area contributed by atoms with E-state index in [1.54, 1.807) is 29.2 Å². The normalized spacial score (nSPS) is 13.8. The van der Waals surface area contributed by atoms with E-state index in [9.17, 15) is 13.6 Å². The molecular formula is C35H42F2N4O3Si. The summed E-state index contributed by atoms with van der Waals surface area (Å²) >= 11 is 0. The van der Waals surface area contributed by atoms with Crippen molar-refractivity contribution < 1.29 is 22.7 Å². The third-order valence-corrected chi connectivity index (χ3v) is 13.5. The molecule has 0 radical (unpaired) electrons. The number of benzene rings is 2. The van der Waals surface area contributed by atoms with Crippen LogP contribution in [-0.4, -0.2) is 53.6 Å². The highest BCUT2D eigenvalue weighted by Gasteiger charge is 2.38. The molecule has 5 rings (SSSR count). The Balaban J connectivity index is 1.40. The number of nitrogens with zero attached hydrogens (tertiary/aromatic N) is 4. The lowest BCUT2D eigenvalue weighted by molar-refractivity contribution is 0.0666. The summed E-state index contributed by atoms with van der Waals surface area (Å²) in [6.07, 6.45) is 3.40. The van der Waals surface area contributed by atoms with E-state index in [1.807, 2.05) is 43.0 Å². The quantitative estimate of drug-likeness (QED) is 0.165. The van der Waals surface area contributed by atoms with Crippen LogP contribution in [0.3, 0.4) is 0 Å².